The molecule has 0 saturated heterocycles. The summed E-state index contributed by atoms with van der Waals surface area (Å²) < 4.78 is 148. The van der Waals surface area contributed by atoms with Crippen molar-refractivity contribution in [2.24, 2.45) is 10.8 Å². The molecule has 248 valence electrons. The maximum Gasteiger partial charge on any atom is 0.453 e. The number of aliphatic hydroxyl groups is 1. The van der Waals surface area contributed by atoms with Crippen LogP contribution in [0.1, 0.15) is 50.9 Å². The lowest BCUT2D eigenvalue weighted by Gasteiger charge is -2.32. The van der Waals surface area contributed by atoms with E-state index in [0.29, 0.717) is 0 Å². The molecule has 43 heavy (non-hydrogen) atoms. The van der Waals surface area contributed by atoms with E-state index in [4.69, 9.17) is 4.74 Å². The van der Waals surface area contributed by atoms with Crippen molar-refractivity contribution in [3.8, 4) is 0 Å². The van der Waals surface area contributed by atoms with Gasteiger partial charge in [-0.3, -0.25) is 9.59 Å². The number of carbonyl (C=O) groups is 2. The Morgan fingerprint density at radius 2 is 1.23 bits per heavy atom. The second-order valence-electron chi connectivity index (χ2n) is 10.6. The summed E-state index contributed by atoms with van der Waals surface area (Å²) in [6.07, 6.45) is -26.8. The largest absolute Gasteiger partial charge is 0.464 e. The van der Waals surface area contributed by atoms with Gasteiger partial charge in [0.05, 0.1) is 12.0 Å². The molecule has 0 saturated carbocycles. The first kappa shape index (κ1) is 38.8. The molecule has 1 aromatic rings. The first-order valence-corrected chi connectivity index (χ1v) is 13.0. The molecule has 18 heteroatoms. The standard InChI is InChI=1S/C25H29BrF10O7/c1-19(2,10-16(26)15-8-6-5-7-9-15)17(38)40-13-20(3,12-37)18(39)41-14-23(31,32)43-25(35,36)24(33,34)42-22(29,30)11-21(4,27)28/h5-9,16,37H,10-14H2,1-4H3. The zero-order valence-electron chi connectivity index (χ0n) is 23.1. The summed E-state index contributed by atoms with van der Waals surface area (Å²) in [4.78, 5) is 24.7. The molecule has 0 aliphatic carbocycles. The minimum atomic E-state index is -6.57. The highest BCUT2D eigenvalue weighted by atomic mass is 79.9. The number of halogens is 11. The van der Waals surface area contributed by atoms with Gasteiger partial charge in [-0.05, 0) is 39.7 Å². The van der Waals surface area contributed by atoms with Gasteiger partial charge in [-0.25, -0.2) is 18.3 Å². The number of hydrogen-bond donors (Lipinski definition) is 1. The topological polar surface area (TPSA) is 91.3 Å². The number of rotatable bonds is 17. The fourth-order valence-electron chi connectivity index (χ4n) is 3.15. The first-order chi connectivity index (χ1) is 19.2. The van der Waals surface area contributed by atoms with Gasteiger partial charge in [-0.15, -0.1) is 0 Å². The lowest BCUT2D eigenvalue weighted by molar-refractivity contribution is -0.516. The summed E-state index contributed by atoms with van der Waals surface area (Å²) in [6, 6.07) is 8.87. The quantitative estimate of drug-likeness (QED) is 0.105. The lowest BCUT2D eigenvalue weighted by Crippen LogP contribution is -2.53. The molecule has 0 aromatic heterocycles. The number of esters is 2. The summed E-state index contributed by atoms with van der Waals surface area (Å²) in [7, 11) is 0. The molecule has 0 bridgehead atoms. The van der Waals surface area contributed by atoms with E-state index < -0.39 is 79.4 Å². The van der Waals surface area contributed by atoms with E-state index >= 15 is 0 Å². The van der Waals surface area contributed by atoms with Crippen LogP contribution in [0, 0.1) is 10.8 Å². The van der Waals surface area contributed by atoms with Crippen molar-refractivity contribution >= 4 is 27.9 Å². The molecule has 0 heterocycles. The first-order valence-electron chi connectivity index (χ1n) is 12.1. The van der Waals surface area contributed by atoms with E-state index in [1.165, 1.54) is 13.8 Å². The highest BCUT2D eigenvalue weighted by molar-refractivity contribution is 9.09. The van der Waals surface area contributed by atoms with E-state index in [1.54, 1.807) is 30.3 Å². The SMILES string of the molecule is CC(F)(F)CC(F)(F)OC(F)(F)C(F)(F)OC(F)(F)COC(=O)C(C)(CO)COC(=O)C(C)(C)CC(Br)c1ccccc1. The van der Waals surface area contributed by atoms with Crippen molar-refractivity contribution < 1.29 is 77.5 Å². The minimum absolute atomic E-state index is 0.174. The van der Waals surface area contributed by atoms with E-state index in [0.717, 1.165) is 12.5 Å². The van der Waals surface area contributed by atoms with Crippen molar-refractivity contribution in [2.75, 3.05) is 19.8 Å². The van der Waals surface area contributed by atoms with Crippen LogP contribution >= 0.6 is 15.9 Å². The average Bonchev–Trinajstić information content (AvgIpc) is 2.82. The Bertz CT molecular complexity index is 1080. The molecule has 1 rings (SSSR count). The van der Waals surface area contributed by atoms with Crippen LogP contribution in [0.15, 0.2) is 30.3 Å². The monoisotopic (exact) mass is 710 g/mol. The molecule has 7 nitrogen and oxygen atoms in total. The maximum absolute atomic E-state index is 13.9. The average molecular weight is 711 g/mol. The molecule has 0 amide bonds. The van der Waals surface area contributed by atoms with Gasteiger partial charge in [0, 0.05) is 4.83 Å². The zero-order chi connectivity index (χ0) is 33.7. The fraction of sp³-hybridized carbons (Fsp3) is 0.680. The van der Waals surface area contributed by atoms with Gasteiger partial charge in [-0.1, -0.05) is 46.3 Å². The molecule has 0 aliphatic heterocycles. The van der Waals surface area contributed by atoms with Crippen LogP contribution in [0.2, 0.25) is 0 Å². The predicted octanol–water partition coefficient (Wildman–Crippen LogP) is 7.07. The normalized spacial score (nSPS) is 15.9. The van der Waals surface area contributed by atoms with Gasteiger partial charge < -0.3 is 14.6 Å². The van der Waals surface area contributed by atoms with Gasteiger partial charge in [0.25, 0.3) is 5.92 Å². The van der Waals surface area contributed by atoms with Gasteiger partial charge in [0.2, 0.25) is 0 Å². The highest BCUT2D eigenvalue weighted by Crippen LogP contribution is 2.45. The van der Waals surface area contributed by atoms with Crippen LogP contribution in [0.25, 0.3) is 0 Å². The van der Waals surface area contributed by atoms with Crippen molar-refractivity contribution in [2.45, 2.75) is 75.7 Å². The third-order valence-corrected chi connectivity index (χ3v) is 6.40. The smallest absolute Gasteiger partial charge is 0.453 e. The van der Waals surface area contributed by atoms with Crippen LogP contribution in [-0.2, 0) is 28.5 Å². The fourth-order valence-corrected chi connectivity index (χ4v) is 4.26. The molecule has 0 spiro atoms. The Labute approximate surface area is 247 Å². The molecule has 1 N–H and O–H groups in total. The molecule has 2 unspecified atom stereocenters. The van der Waals surface area contributed by atoms with Crippen LogP contribution in [0.3, 0.4) is 0 Å². The Morgan fingerprint density at radius 3 is 1.70 bits per heavy atom. The molecular weight excluding hydrogens is 682 g/mol. The summed E-state index contributed by atoms with van der Waals surface area (Å²) in [5.74, 6) is -7.06. The van der Waals surface area contributed by atoms with Gasteiger partial charge in [0.1, 0.15) is 18.4 Å². The van der Waals surface area contributed by atoms with Crippen molar-refractivity contribution in [3.63, 3.8) is 0 Å². The molecule has 0 fully saturated rings. The summed E-state index contributed by atoms with van der Waals surface area (Å²) in [5, 5.41) is 9.60. The van der Waals surface area contributed by atoms with E-state index in [1.807, 2.05) is 0 Å². The van der Waals surface area contributed by atoms with Crippen LogP contribution in [0.4, 0.5) is 43.9 Å². The minimum Gasteiger partial charge on any atom is -0.464 e. The summed E-state index contributed by atoms with van der Waals surface area (Å²) in [6.45, 7) is -1.01. The second kappa shape index (κ2) is 13.9. The number of aliphatic hydroxyl groups excluding tert-OH is 1. The van der Waals surface area contributed by atoms with Crippen molar-refractivity contribution in [1.82, 2.24) is 0 Å². The predicted molar refractivity (Wildman–Crippen MR) is 131 cm³/mol. The maximum atomic E-state index is 13.9. The van der Waals surface area contributed by atoms with Crippen LogP contribution in [-0.4, -0.2) is 67.2 Å². The van der Waals surface area contributed by atoms with E-state index in [2.05, 4.69) is 30.1 Å². The Balaban J connectivity index is 2.83. The number of carbonyl (C=O) groups excluding carboxylic acids is 2. The molecular formula is C25H29BrF10O7. The highest BCUT2D eigenvalue weighted by Gasteiger charge is 2.68. The molecule has 0 aliphatic rings. The van der Waals surface area contributed by atoms with Gasteiger partial charge in [-0.2, -0.15) is 35.1 Å². The van der Waals surface area contributed by atoms with Gasteiger partial charge >= 0.3 is 36.4 Å². The molecule has 2 atom stereocenters. The Hall–Kier alpha value is -2.18. The number of ether oxygens (including phenoxy) is 4. The van der Waals surface area contributed by atoms with E-state index in [9.17, 15) is 58.6 Å². The van der Waals surface area contributed by atoms with Crippen LogP contribution < -0.4 is 0 Å². The Morgan fingerprint density at radius 1 is 0.767 bits per heavy atom. The molecule has 0 radical (unpaired) electrons. The summed E-state index contributed by atoms with van der Waals surface area (Å²) >= 11 is 3.44. The number of hydrogen-bond acceptors (Lipinski definition) is 7. The van der Waals surface area contributed by atoms with Crippen LogP contribution in [0.5, 0.6) is 0 Å². The van der Waals surface area contributed by atoms with Gasteiger partial charge in [0.15, 0.2) is 6.61 Å². The second-order valence-corrected chi connectivity index (χ2v) is 11.7. The number of alkyl halides is 11. The van der Waals surface area contributed by atoms with E-state index in [-0.39, 0.29) is 18.2 Å². The lowest BCUT2D eigenvalue weighted by atomic mass is 9.86. The third-order valence-electron chi connectivity index (χ3n) is 5.55. The van der Waals surface area contributed by atoms with Crippen molar-refractivity contribution in [1.29, 1.82) is 0 Å². The number of benzene rings is 1. The third kappa shape index (κ3) is 12.0. The Kier molecular flexibility index (Phi) is 12.5. The molecule has 1 aromatic carbocycles. The van der Waals surface area contributed by atoms with Crippen molar-refractivity contribution in [3.05, 3.63) is 35.9 Å². The summed E-state index contributed by atoms with van der Waals surface area (Å²) in [5.41, 5.74) is -2.65. The zero-order valence-corrected chi connectivity index (χ0v) is 24.6.